The minimum absolute atomic E-state index is 0.467. The summed E-state index contributed by atoms with van der Waals surface area (Å²) >= 11 is 0. The first-order chi connectivity index (χ1) is 10.2. The Morgan fingerprint density at radius 1 is 1.10 bits per heavy atom. The molecule has 0 aliphatic heterocycles. The molecule has 0 fully saturated rings. The predicted octanol–water partition coefficient (Wildman–Crippen LogP) is 3.55. The molecule has 0 saturated heterocycles. The van der Waals surface area contributed by atoms with E-state index < -0.39 is 0 Å². The molecule has 4 heteroatoms. The fraction of sp³-hybridized carbons (Fsp3) is 0.529. The summed E-state index contributed by atoms with van der Waals surface area (Å²) in [5, 5.41) is 3.56. The van der Waals surface area contributed by atoms with Gasteiger partial charge >= 0.3 is 0 Å². The maximum absolute atomic E-state index is 4.35. The van der Waals surface area contributed by atoms with Gasteiger partial charge in [-0.1, -0.05) is 13.8 Å². The highest BCUT2D eigenvalue weighted by Gasteiger charge is 2.05. The van der Waals surface area contributed by atoms with Gasteiger partial charge in [-0.05, 0) is 57.6 Å². The maximum atomic E-state index is 4.35. The quantitative estimate of drug-likeness (QED) is 0.805. The number of hydrogen-bond acceptors (Lipinski definition) is 4. The van der Waals surface area contributed by atoms with Crippen LogP contribution in [-0.4, -0.2) is 40.5 Å². The number of anilines is 1. The zero-order valence-electron chi connectivity index (χ0n) is 13.3. The lowest BCUT2D eigenvalue weighted by Gasteiger charge is -2.20. The number of hydrogen-bond donors (Lipinski definition) is 1. The Labute approximate surface area is 127 Å². The van der Waals surface area contributed by atoms with Crippen LogP contribution >= 0.6 is 0 Å². The molecule has 114 valence electrons. The molecule has 0 aliphatic rings. The molecule has 4 nitrogen and oxygen atoms in total. The zero-order valence-corrected chi connectivity index (χ0v) is 13.3. The van der Waals surface area contributed by atoms with E-state index in [1.807, 2.05) is 6.07 Å². The van der Waals surface area contributed by atoms with Gasteiger partial charge in [-0.3, -0.25) is 9.97 Å². The third-order valence-corrected chi connectivity index (χ3v) is 3.89. The molecule has 0 aliphatic carbocycles. The van der Waals surface area contributed by atoms with Gasteiger partial charge in [-0.2, -0.15) is 0 Å². The summed E-state index contributed by atoms with van der Waals surface area (Å²) in [7, 11) is 0. The first-order valence-electron chi connectivity index (χ1n) is 7.92. The topological polar surface area (TPSA) is 41.0 Å². The van der Waals surface area contributed by atoms with Crippen LogP contribution in [0.5, 0.6) is 0 Å². The molecule has 1 heterocycles. The first-order valence-corrected chi connectivity index (χ1v) is 7.92. The molecule has 1 unspecified atom stereocenters. The molecule has 0 amide bonds. The van der Waals surface area contributed by atoms with Gasteiger partial charge in [0.25, 0.3) is 0 Å². The lowest BCUT2D eigenvalue weighted by molar-refractivity contribution is 0.295. The van der Waals surface area contributed by atoms with Crippen molar-refractivity contribution in [3.63, 3.8) is 0 Å². The molecule has 21 heavy (non-hydrogen) atoms. The predicted molar refractivity (Wildman–Crippen MR) is 89.6 cm³/mol. The fourth-order valence-electron chi connectivity index (χ4n) is 2.57. The van der Waals surface area contributed by atoms with Crippen molar-refractivity contribution in [1.82, 2.24) is 14.9 Å². The molecule has 1 N–H and O–H groups in total. The van der Waals surface area contributed by atoms with Crippen LogP contribution in [0.4, 0.5) is 5.69 Å². The highest BCUT2D eigenvalue weighted by Crippen LogP contribution is 2.16. The zero-order chi connectivity index (χ0) is 15.1. The largest absolute Gasteiger partial charge is 0.383 e. The lowest BCUT2D eigenvalue weighted by atomic mass is 10.1. The van der Waals surface area contributed by atoms with E-state index in [4.69, 9.17) is 0 Å². The Morgan fingerprint density at radius 2 is 1.81 bits per heavy atom. The second-order valence-corrected chi connectivity index (χ2v) is 5.47. The molecule has 0 saturated carbocycles. The molecular formula is C17H26N4. The average Bonchev–Trinajstić information content (AvgIpc) is 2.51. The van der Waals surface area contributed by atoms with E-state index in [9.17, 15) is 0 Å². The molecule has 1 aromatic heterocycles. The first kappa shape index (κ1) is 15.7. The van der Waals surface area contributed by atoms with Crippen molar-refractivity contribution < 1.29 is 0 Å². The van der Waals surface area contributed by atoms with E-state index in [1.54, 1.807) is 12.4 Å². The molecule has 1 atom stereocenters. The maximum Gasteiger partial charge on any atom is 0.0907 e. The molecule has 2 rings (SSSR count). The van der Waals surface area contributed by atoms with Gasteiger partial charge in [0, 0.05) is 24.1 Å². The average molecular weight is 286 g/mol. The summed E-state index contributed by atoms with van der Waals surface area (Å²) in [5.41, 5.74) is 3.01. The van der Waals surface area contributed by atoms with Crippen molar-refractivity contribution in [2.24, 2.45) is 0 Å². The Kier molecular flexibility index (Phi) is 5.93. The summed E-state index contributed by atoms with van der Waals surface area (Å²) in [6, 6.07) is 6.64. The fourth-order valence-corrected chi connectivity index (χ4v) is 2.57. The van der Waals surface area contributed by atoms with Crippen LogP contribution < -0.4 is 5.32 Å². The van der Waals surface area contributed by atoms with Gasteiger partial charge in [-0.15, -0.1) is 0 Å². The van der Waals surface area contributed by atoms with Crippen LogP contribution in [0.25, 0.3) is 11.0 Å². The van der Waals surface area contributed by atoms with Crippen molar-refractivity contribution in [3.8, 4) is 0 Å². The highest BCUT2D eigenvalue weighted by atomic mass is 15.1. The third-order valence-electron chi connectivity index (χ3n) is 3.89. The summed E-state index contributed by atoms with van der Waals surface area (Å²) in [5.74, 6) is 0. The summed E-state index contributed by atoms with van der Waals surface area (Å²) < 4.78 is 0. The van der Waals surface area contributed by atoms with Crippen LogP contribution in [0.1, 0.15) is 33.6 Å². The van der Waals surface area contributed by atoms with E-state index in [0.717, 1.165) is 29.8 Å². The van der Waals surface area contributed by atoms with Gasteiger partial charge in [-0.25, -0.2) is 0 Å². The van der Waals surface area contributed by atoms with Gasteiger partial charge in [0.1, 0.15) is 0 Å². The van der Waals surface area contributed by atoms with Crippen LogP contribution in [0.3, 0.4) is 0 Å². The van der Waals surface area contributed by atoms with E-state index in [0.29, 0.717) is 6.04 Å². The standard InChI is InChI=1S/C17H26N4/c1-4-21(5-2)12-6-7-14(3)20-15-8-9-16-17(13-15)19-11-10-18-16/h8-11,13-14,20H,4-7,12H2,1-3H3. The number of nitrogens with zero attached hydrogens (tertiary/aromatic N) is 3. The van der Waals surface area contributed by atoms with Crippen molar-refractivity contribution in [3.05, 3.63) is 30.6 Å². The van der Waals surface area contributed by atoms with Gasteiger partial charge in [0.15, 0.2) is 0 Å². The van der Waals surface area contributed by atoms with Crippen LogP contribution in [-0.2, 0) is 0 Å². The van der Waals surface area contributed by atoms with Gasteiger partial charge in [0.2, 0.25) is 0 Å². The summed E-state index contributed by atoms with van der Waals surface area (Å²) in [6.07, 6.45) is 5.86. The van der Waals surface area contributed by atoms with Crippen LogP contribution in [0.2, 0.25) is 0 Å². The minimum atomic E-state index is 0.467. The Morgan fingerprint density at radius 3 is 2.52 bits per heavy atom. The van der Waals surface area contributed by atoms with E-state index >= 15 is 0 Å². The van der Waals surface area contributed by atoms with Gasteiger partial charge < -0.3 is 10.2 Å². The van der Waals surface area contributed by atoms with Gasteiger partial charge in [0.05, 0.1) is 11.0 Å². The third kappa shape index (κ3) is 4.67. The number of rotatable bonds is 8. The molecular weight excluding hydrogens is 260 g/mol. The second kappa shape index (κ2) is 7.93. The molecule has 2 aromatic rings. The molecule has 0 radical (unpaired) electrons. The van der Waals surface area contributed by atoms with E-state index in [1.165, 1.54) is 19.4 Å². The molecule has 0 spiro atoms. The van der Waals surface area contributed by atoms with E-state index in [-0.39, 0.29) is 0 Å². The Bertz CT molecular complexity index is 551. The van der Waals surface area contributed by atoms with Crippen LogP contribution in [0, 0.1) is 0 Å². The summed E-state index contributed by atoms with van der Waals surface area (Å²) in [6.45, 7) is 10.2. The highest BCUT2D eigenvalue weighted by molar-refractivity contribution is 5.78. The van der Waals surface area contributed by atoms with Crippen molar-refractivity contribution in [2.75, 3.05) is 25.0 Å². The molecule has 1 aromatic carbocycles. The number of benzene rings is 1. The molecule has 0 bridgehead atoms. The SMILES string of the molecule is CCN(CC)CCCC(C)Nc1ccc2nccnc2c1. The van der Waals surface area contributed by atoms with E-state index in [2.05, 4.69) is 53.1 Å². The number of nitrogens with one attached hydrogen (secondary N) is 1. The Hall–Kier alpha value is -1.68. The van der Waals surface area contributed by atoms with Crippen molar-refractivity contribution in [1.29, 1.82) is 0 Å². The van der Waals surface area contributed by atoms with Crippen molar-refractivity contribution >= 4 is 16.7 Å². The normalized spacial score (nSPS) is 12.8. The van der Waals surface area contributed by atoms with Crippen molar-refractivity contribution in [2.45, 2.75) is 39.7 Å². The minimum Gasteiger partial charge on any atom is -0.383 e. The lowest BCUT2D eigenvalue weighted by Crippen LogP contribution is -2.25. The second-order valence-electron chi connectivity index (χ2n) is 5.47. The monoisotopic (exact) mass is 286 g/mol. The smallest absolute Gasteiger partial charge is 0.0907 e. The number of aromatic nitrogens is 2. The Balaban J connectivity index is 1.85. The van der Waals surface area contributed by atoms with Crippen LogP contribution in [0.15, 0.2) is 30.6 Å². The number of fused-ring (bicyclic) bond motifs is 1. The summed E-state index contributed by atoms with van der Waals surface area (Å²) in [4.78, 5) is 11.1.